The zero-order valence-corrected chi connectivity index (χ0v) is 8.79. The topological polar surface area (TPSA) is 88.5 Å². The molecule has 0 aromatic carbocycles. The lowest BCUT2D eigenvalue weighted by Gasteiger charge is -2.17. The van der Waals surface area contributed by atoms with Crippen molar-refractivity contribution in [3.8, 4) is 0 Å². The van der Waals surface area contributed by atoms with Crippen molar-refractivity contribution in [3.63, 3.8) is 0 Å². The maximum absolute atomic E-state index is 11.2. The molecular weight excluding hydrogens is 186 g/mol. The molecule has 1 radical (unpaired) electrons. The van der Waals surface area contributed by atoms with E-state index in [1.165, 1.54) is 10.0 Å². The predicted octanol–water partition coefficient (Wildman–Crippen LogP) is -2.18. The van der Waals surface area contributed by atoms with Gasteiger partial charge in [-0.05, 0) is 0 Å². The maximum Gasteiger partial charge on any atom is 0.262 e. The van der Waals surface area contributed by atoms with Gasteiger partial charge in [-0.25, -0.2) is 15.8 Å². The van der Waals surface area contributed by atoms with E-state index in [0.717, 1.165) is 0 Å². The molecular formula is C7H16N5O2. The lowest BCUT2D eigenvalue weighted by Crippen LogP contribution is -2.52. The lowest BCUT2D eigenvalue weighted by atomic mass is 10.3. The van der Waals surface area contributed by atoms with E-state index in [9.17, 15) is 9.59 Å². The van der Waals surface area contributed by atoms with Crippen LogP contribution < -0.4 is 16.6 Å². The van der Waals surface area contributed by atoms with Crippen molar-refractivity contribution in [1.29, 1.82) is 0 Å². The number of carbonyl (C=O) groups excluding carboxylic acids is 2. The van der Waals surface area contributed by atoms with Gasteiger partial charge in [0.25, 0.3) is 11.8 Å². The highest BCUT2D eigenvalue weighted by atomic mass is 16.2. The molecule has 14 heavy (non-hydrogen) atoms. The number of carbonyl (C=O) groups is 2. The monoisotopic (exact) mass is 202 g/mol. The van der Waals surface area contributed by atoms with Crippen LogP contribution in [0.1, 0.15) is 0 Å². The smallest absolute Gasteiger partial charge is 0.262 e. The fourth-order valence-electron chi connectivity index (χ4n) is 0.689. The van der Waals surface area contributed by atoms with Gasteiger partial charge in [-0.2, -0.15) is 0 Å². The number of amides is 2. The summed E-state index contributed by atoms with van der Waals surface area (Å²) in [5.41, 5.74) is 11.9. The highest BCUT2D eigenvalue weighted by molar-refractivity contribution is 6.03. The van der Waals surface area contributed by atoms with Crippen molar-refractivity contribution in [2.24, 2.45) is 0 Å². The zero-order valence-electron chi connectivity index (χ0n) is 8.79. The fourth-order valence-corrected chi connectivity index (χ4v) is 0.689. The summed E-state index contributed by atoms with van der Waals surface area (Å²) in [7, 11) is 6.42. The molecule has 0 bridgehead atoms. The Bertz CT molecular complexity index is 194. The maximum atomic E-state index is 11.2. The molecule has 2 amide bonds. The van der Waals surface area contributed by atoms with Gasteiger partial charge in [0.15, 0.2) is 6.04 Å². The SMILES string of the molecule is CN(C)NC(=O)C([NH])C(=O)NN(C)C. The number of hydrogen-bond acceptors (Lipinski definition) is 4. The molecule has 81 valence electrons. The first-order valence-corrected chi connectivity index (χ1v) is 4.01. The number of hydrogen-bond donors (Lipinski definition) is 2. The first-order chi connectivity index (χ1) is 6.34. The largest absolute Gasteiger partial charge is 0.288 e. The number of nitrogens with one attached hydrogen (secondary N) is 3. The van der Waals surface area contributed by atoms with Gasteiger partial charge in [0, 0.05) is 28.2 Å². The molecule has 0 aromatic heterocycles. The number of nitrogens with zero attached hydrogens (tertiary/aromatic N) is 2. The van der Waals surface area contributed by atoms with Crippen molar-refractivity contribution in [1.82, 2.24) is 26.6 Å². The number of hydrazine groups is 2. The van der Waals surface area contributed by atoms with E-state index in [1.807, 2.05) is 0 Å². The second-order valence-electron chi connectivity index (χ2n) is 3.17. The van der Waals surface area contributed by atoms with Gasteiger partial charge in [-0.15, -0.1) is 0 Å². The van der Waals surface area contributed by atoms with Crippen LogP contribution in [0.5, 0.6) is 0 Å². The molecule has 0 saturated carbocycles. The van der Waals surface area contributed by atoms with Crippen LogP contribution in [0.2, 0.25) is 0 Å². The van der Waals surface area contributed by atoms with E-state index in [1.54, 1.807) is 28.2 Å². The average Bonchev–Trinajstić information content (AvgIpc) is 2.00. The molecule has 7 heteroatoms. The normalized spacial score (nSPS) is 10.9. The van der Waals surface area contributed by atoms with E-state index < -0.39 is 17.9 Å². The van der Waals surface area contributed by atoms with Crippen LogP contribution in [0.3, 0.4) is 0 Å². The van der Waals surface area contributed by atoms with Crippen LogP contribution in [0.25, 0.3) is 0 Å². The van der Waals surface area contributed by atoms with Gasteiger partial charge in [0.05, 0.1) is 0 Å². The lowest BCUT2D eigenvalue weighted by molar-refractivity contribution is -0.135. The van der Waals surface area contributed by atoms with Gasteiger partial charge in [-0.1, -0.05) is 0 Å². The van der Waals surface area contributed by atoms with Crippen LogP contribution in [0.4, 0.5) is 0 Å². The summed E-state index contributed by atoms with van der Waals surface area (Å²) in [6.45, 7) is 0. The quantitative estimate of drug-likeness (QED) is 0.401. The Hall–Kier alpha value is -1.18. The van der Waals surface area contributed by atoms with Crippen molar-refractivity contribution < 1.29 is 9.59 Å². The second kappa shape index (κ2) is 5.53. The van der Waals surface area contributed by atoms with Crippen molar-refractivity contribution in [2.75, 3.05) is 28.2 Å². The molecule has 0 aromatic rings. The third kappa shape index (κ3) is 4.75. The first-order valence-electron chi connectivity index (χ1n) is 4.01. The minimum Gasteiger partial charge on any atom is -0.288 e. The fraction of sp³-hybridized carbons (Fsp3) is 0.714. The van der Waals surface area contributed by atoms with Crippen molar-refractivity contribution in [2.45, 2.75) is 6.04 Å². The van der Waals surface area contributed by atoms with Crippen LogP contribution in [0, 0.1) is 0 Å². The summed E-state index contributed by atoms with van der Waals surface area (Å²) >= 11 is 0. The summed E-state index contributed by atoms with van der Waals surface area (Å²) in [6.07, 6.45) is 0. The van der Waals surface area contributed by atoms with Gasteiger partial charge < -0.3 is 0 Å². The zero-order chi connectivity index (χ0) is 11.3. The van der Waals surface area contributed by atoms with Crippen molar-refractivity contribution >= 4 is 11.8 Å². The Balaban J connectivity index is 4.11. The standard InChI is InChI=1S/C7H16N5O2/c1-11(2)9-6(13)5(8)7(14)10-12(3)4/h5,8H,1-4H3,(H,9,13)(H,10,14). The van der Waals surface area contributed by atoms with Gasteiger partial charge in [0.1, 0.15) is 0 Å². The molecule has 0 rings (SSSR count). The molecule has 0 aliphatic carbocycles. The minimum absolute atomic E-state index is 0.658. The predicted molar refractivity (Wildman–Crippen MR) is 50.5 cm³/mol. The van der Waals surface area contributed by atoms with Gasteiger partial charge >= 0.3 is 0 Å². The third-order valence-electron chi connectivity index (χ3n) is 1.19. The molecule has 0 aliphatic heterocycles. The third-order valence-corrected chi connectivity index (χ3v) is 1.19. The van der Waals surface area contributed by atoms with Gasteiger partial charge in [-0.3, -0.25) is 20.4 Å². The summed E-state index contributed by atoms with van der Waals surface area (Å²) in [5, 5.41) is 2.76. The van der Waals surface area contributed by atoms with E-state index in [2.05, 4.69) is 10.9 Å². The first kappa shape index (κ1) is 12.8. The Morgan fingerprint density at radius 2 is 1.29 bits per heavy atom. The molecule has 7 nitrogen and oxygen atoms in total. The van der Waals surface area contributed by atoms with Crippen LogP contribution in [-0.2, 0) is 9.59 Å². The van der Waals surface area contributed by atoms with Gasteiger partial charge in [0.2, 0.25) is 0 Å². The van der Waals surface area contributed by atoms with Crippen LogP contribution in [-0.4, -0.2) is 56.1 Å². The van der Waals surface area contributed by atoms with Crippen molar-refractivity contribution in [3.05, 3.63) is 0 Å². The molecule has 0 spiro atoms. The summed E-state index contributed by atoms with van der Waals surface area (Å²) in [6, 6.07) is -1.46. The highest BCUT2D eigenvalue weighted by Gasteiger charge is 2.23. The summed E-state index contributed by atoms with van der Waals surface area (Å²) in [4.78, 5) is 22.3. The molecule has 0 aliphatic rings. The molecule has 0 saturated heterocycles. The molecule has 0 heterocycles. The van der Waals surface area contributed by atoms with Crippen LogP contribution >= 0.6 is 0 Å². The van der Waals surface area contributed by atoms with Crippen LogP contribution in [0.15, 0.2) is 0 Å². The molecule has 0 atom stereocenters. The Kier molecular flexibility index (Phi) is 5.06. The summed E-state index contributed by atoms with van der Waals surface area (Å²) < 4.78 is 0. The van der Waals surface area contributed by atoms with E-state index in [4.69, 9.17) is 5.73 Å². The Morgan fingerprint density at radius 1 is 1.00 bits per heavy atom. The Morgan fingerprint density at radius 3 is 1.50 bits per heavy atom. The summed E-state index contributed by atoms with van der Waals surface area (Å²) in [5.74, 6) is -1.32. The highest BCUT2D eigenvalue weighted by Crippen LogP contribution is 1.83. The average molecular weight is 202 g/mol. The molecule has 3 N–H and O–H groups in total. The number of rotatable bonds is 4. The molecule has 0 fully saturated rings. The van der Waals surface area contributed by atoms with E-state index in [0.29, 0.717) is 0 Å². The Labute approximate surface area is 83.2 Å². The minimum atomic E-state index is -1.46. The van der Waals surface area contributed by atoms with E-state index >= 15 is 0 Å². The molecule has 0 unspecified atom stereocenters. The second-order valence-corrected chi connectivity index (χ2v) is 3.17. The van der Waals surface area contributed by atoms with E-state index in [-0.39, 0.29) is 0 Å².